The fraction of sp³-hybridized carbons (Fsp3) is 0.500. The fourth-order valence-corrected chi connectivity index (χ4v) is 4.24. The van der Waals surface area contributed by atoms with Crippen LogP contribution in [-0.2, 0) is 0 Å². The molecule has 1 saturated heterocycles. The third kappa shape index (κ3) is 3.75. The van der Waals surface area contributed by atoms with E-state index in [1.54, 1.807) is 0 Å². The Morgan fingerprint density at radius 1 is 1.47 bits per heavy atom. The van der Waals surface area contributed by atoms with E-state index in [-0.39, 0.29) is 12.5 Å². The smallest absolute Gasteiger partial charge is 0.254 e. The molecule has 102 valence electrons. The molecule has 2 heterocycles. The largest absolute Gasteiger partial charge is 0.384 e. The number of nitrogens with zero attached hydrogens (tertiary/aromatic N) is 1. The molecular formula is C14H17NO2S2. The van der Waals surface area contributed by atoms with Gasteiger partial charge in [0.15, 0.2) is 0 Å². The molecule has 0 spiro atoms. The Labute approximate surface area is 122 Å². The molecule has 1 N–H and O–H groups in total. The van der Waals surface area contributed by atoms with E-state index in [9.17, 15) is 4.79 Å². The zero-order chi connectivity index (χ0) is 13.8. The average Bonchev–Trinajstić information content (AvgIpc) is 2.83. The van der Waals surface area contributed by atoms with Crippen molar-refractivity contribution < 1.29 is 9.90 Å². The predicted octanol–water partition coefficient (Wildman–Crippen LogP) is 2.06. The third-order valence-electron chi connectivity index (χ3n) is 2.84. The number of hydrogen-bond acceptors (Lipinski definition) is 4. The summed E-state index contributed by atoms with van der Waals surface area (Å²) in [5, 5.41) is 11.5. The molecule has 2 atom stereocenters. The zero-order valence-corrected chi connectivity index (χ0v) is 12.7. The van der Waals surface area contributed by atoms with Crippen LogP contribution in [0.2, 0.25) is 0 Å². The molecular weight excluding hydrogens is 278 g/mol. The lowest BCUT2D eigenvalue weighted by atomic mass is 10.2. The average molecular weight is 295 g/mol. The summed E-state index contributed by atoms with van der Waals surface area (Å²) in [6.45, 7) is 5.78. The summed E-state index contributed by atoms with van der Waals surface area (Å²) in [5.74, 6) is 5.52. The topological polar surface area (TPSA) is 40.5 Å². The molecule has 1 fully saturated rings. The lowest BCUT2D eigenvalue weighted by Crippen LogP contribution is -2.43. The van der Waals surface area contributed by atoms with Gasteiger partial charge in [0.05, 0.1) is 10.4 Å². The summed E-state index contributed by atoms with van der Waals surface area (Å²) >= 11 is 3.38. The molecule has 0 bridgehead atoms. The first-order valence-corrected chi connectivity index (χ1v) is 8.05. The molecule has 1 aliphatic rings. The van der Waals surface area contributed by atoms with Gasteiger partial charge in [-0.2, -0.15) is 11.8 Å². The predicted molar refractivity (Wildman–Crippen MR) is 80.7 cm³/mol. The molecule has 0 aliphatic carbocycles. The molecule has 0 radical (unpaired) electrons. The number of thioether (sulfide) groups is 1. The number of carbonyl (C=O) groups excluding carboxylic acids is 1. The third-order valence-corrected chi connectivity index (χ3v) is 4.92. The van der Waals surface area contributed by atoms with E-state index < -0.39 is 0 Å². The van der Waals surface area contributed by atoms with Gasteiger partial charge < -0.3 is 10.0 Å². The van der Waals surface area contributed by atoms with E-state index >= 15 is 0 Å². The Morgan fingerprint density at radius 3 is 2.79 bits per heavy atom. The van der Waals surface area contributed by atoms with Gasteiger partial charge in [-0.05, 0) is 6.07 Å². The van der Waals surface area contributed by atoms with Gasteiger partial charge in [-0.25, -0.2) is 0 Å². The lowest BCUT2D eigenvalue weighted by Gasteiger charge is -2.34. The van der Waals surface area contributed by atoms with Crippen molar-refractivity contribution in [2.24, 2.45) is 0 Å². The Balaban J connectivity index is 2.08. The number of amides is 1. The highest BCUT2D eigenvalue weighted by Crippen LogP contribution is 2.26. The summed E-state index contributed by atoms with van der Waals surface area (Å²) in [5.41, 5.74) is 0.707. The van der Waals surface area contributed by atoms with E-state index in [1.165, 1.54) is 11.3 Å². The second-order valence-electron chi connectivity index (χ2n) is 4.63. The summed E-state index contributed by atoms with van der Waals surface area (Å²) in [7, 11) is 0. The molecule has 3 nitrogen and oxygen atoms in total. The molecule has 19 heavy (non-hydrogen) atoms. The minimum Gasteiger partial charge on any atom is -0.384 e. The highest BCUT2D eigenvalue weighted by molar-refractivity contribution is 8.00. The molecule has 0 saturated carbocycles. The van der Waals surface area contributed by atoms with Crippen molar-refractivity contribution in [3.05, 3.63) is 21.9 Å². The Bertz CT molecular complexity index is 505. The van der Waals surface area contributed by atoms with Crippen molar-refractivity contribution in [2.45, 2.75) is 24.3 Å². The Kier molecular flexibility index (Phi) is 4.92. The van der Waals surface area contributed by atoms with Crippen LogP contribution >= 0.6 is 23.1 Å². The first-order chi connectivity index (χ1) is 9.10. The van der Waals surface area contributed by atoms with Gasteiger partial charge in [-0.15, -0.1) is 11.3 Å². The summed E-state index contributed by atoms with van der Waals surface area (Å²) in [6.07, 6.45) is 0. The molecule has 1 aromatic heterocycles. The Morgan fingerprint density at radius 2 is 2.16 bits per heavy atom. The van der Waals surface area contributed by atoms with Crippen LogP contribution in [-0.4, -0.2) is 46.1 Å². The number of carbonyl (C=O) groups is 1. The van der Waals surface area contributed by atoms with Crippen LogP contribution in [0.1, 0.15) is 29.1 Å². The van der Waals surface area contributed by atoms with Gasteiger partial charge in [-0.3, -0.25) is 4.79 Å². The SMILES string of the molecule is CC1CN(C(=O)c2csc(C#CCO)c2)CC(C)S1. The van der Waals surface area contributed by atoms with Crippen molar-refractivity contribution in [2.75, 3.05) is 19.7 Å². The van der Waals surface area contributed by atoms with Crippen molar-refractivity contribution in [1.29, 1.82) is 0 Å². The van der Waals surface area contributed by atoms with Crippen molar-refractivity contribution in [3.8, 4) is 11.8 Å². The summed E-state index contributed by atoms with van der Waals surface area (Å²) in [4.78, 5) is 15.2. The van der Waals surface area contributed by atoms with Gasteiger partial charge in [0, 0.05) is 29.0 Å². The van der Waals surface area contributed by atoms with Crippen LogP contribution in [0.25, 0.3) is 0 Å². The highest BCUT2D eigenvalue weighted by atomic mass is 32.2. The van der Waals surface area contributed by atoms with Crippen LogP contribution in [0, 0.1) is 11.8 Å². The number of thiophene rings is 1. The van der Waals surface area contributed by atoms with Crippen molar-refractivity contribution in [1.82, 2.24) is 4.90 Å². The van der Waals surface area contributed by atoms with E-state index in [4.69, 9.17) is 5.11 Å². The highest BCUT2D eigenvalue weighted by Gasteiger charge is 2.26. The van der Waals surface area contributed by atoms with Gasteiger partial charge in [0.25, 0.3) is 5.91 Å². The second kappa shape index (κ2) is 6.47. The Hall–Kier alpha value is -0.960. The van der Waals surface area contributed by atoms with Crippen LogP contribution in [0.15, 0.2) is 11.4 Å². The van der Waals surface area contributed by atoms with Crippen LogP contribution < -0.4 is 0 Å². The number of rotatable bonds is 1. The maximum Gasteiger partial charge on any atom is 0.254 e. The quantitative estimate of drug-likeness (QED) is 0.806. The van der Waals surface area contributed by atoms with E-state index in [0.717, 1.165) is 18.0 Å². The molecule has 1 amide bonds. The maximum absolute atomic E-state index is 12.4. The molecule has 2 rings (SSSR count). The van der Waals surface area contributed by atoms with E-state index in [0.29, 0.717) is 16.1 Å². The molecule has 1 aromatic rings. The first kappa shape index (κ1) is 14.4. The lowest BCUT2D eigenvalue weighted by molar-refractivity contribution is 0.0754. The number of hydrogen-bond donors (Lipinski definition) is 1. The first-order valence-electron chi connectivity index (χ1n) is 6.23. The van der Waals surface area contributed by atoms with Gasteiger partial charge in [-0.1, -0.05) is 25.7 Å². The maximum atomic E-state index is 12.4. The number of aliphatic hydroxyl groups is 1. The van der Waals surface area contributed by atoms with E-state index in [1.807, 2.05) is 28.1 Å². The van der Waals surface area contributed by atoms with Crippen LogP contribution in [0.3, 0.4) is 0 Å². The second-order valence-corrected chi connectivity index (χ2v) is 7.42. The molecule has 2 unspecified atom stereocenters. The van der Waals surface area contributed by atoms with Crippen molar-refractivity contribution >= 4 is 29.0 Å². The molecule has 0 aromatic carbocycles. The van der Waals surface area contributed by atoms with E-state index in [2.05, 4.69) is 25.7 Å². The normalized spacial score (nSPS) is 22.8. The van der Waals surface area contributed by atoms with Crippen molar-refractivity contribution in [3.63, 3.8) is 0 Å². The minimum atomic E-state index is -0.153. The summed E-state index contributed by atoms with van der Waals surface area (Å²) < 4.78 is 0. The molecule has 1 aliphatic heterocycles. The monoisotopic (exact) mass is 295 g/mol. The summed E-state index contributed by atoms with van der Waals surface area (Å²) in [6, 6.07) is 1.81. The molecule has 5 heteroatoms. The number of aliphatic hydroxyl groups excluding tert-OH is 1. The van der Waals surface area contributed by atoms with Gasteiger partial charge >= 0.3 is 0 Å². The van der Waals surface area contributed by atoms with Crippen LogP contribution in [0.4, 0.5) is 0 Å². The van der Waals surface area contributed by atoms with Crippen LogP contribution in [0.5, 0.6) is 0 Å². The minimum absolute atomic E-state index is 0.0901. The van der Waals surface area contributed by atoms with Gasteiger partial charge in [0.1, 0.15) is 6.61 Å². The standard InChI is InChI=1S/C14H17NO2S2/c1-10-7-15(8-11(2)19-10)14(17)12-6-13(18-9-12)4-3-5-16/h6,9-11,16H,5,7-8H2,1-2H3. The zero-order valence-electron chi connectivity index (χ0n) is 11.0. The van der Waals surface area contributed by atoms with Gasteiger partial charge in [0.2, 0.25) is 0 Å². The fourth-order valence-electron chi connectivity index (χ4n) is 2.17.